The first-order valence-corrected chi connectivity index (χ1v) is 8.32. The number of anilines is 4. The predicted octanol–water partition coefficient (Wildman–Crippen LogP) is 3.54. The summed E-state index contributed by atoms with van der Waals surface area (Å²) in [5, 5.41) is 6.23. The smallest absolute Gasteiger partial charge is 0.337 e. The fraction of sp³-hybridized carbons (Fsp3) is 0.100. The van der Waals surface area contributed by atoms with E-state index in [-0.39, 0.29) is 0 Å². The highest BCUT2D eigenvalue weighted by molar-refractivity contribution is 5.91. The van der Waals surface area contributed by atoms with Gasteiger partial charge in [0, 0.05) is 17.4 Å². The van der Waals surface area contributed by atoms with Gasteiger partial charge in [-0.1, -0.05) is 12.1 Å². The van der Waals surface area contributed by atoms with Crippen molar-refractivity contribution in [3.63, 3.8) is 0 Å². The molecule has 0 amide bonds. The molecule has 8 nitrogen and oxygen atoms in total. The molecule has 28 heavy (non-hydrogen) atoms. The average molecular weight is 378 g/mol. The third-order valence-corrected chi connectivity index (χ3v) is 3.78. The lowest BCUT2D eigenvalue weighted by Gasteiger charge is -2.10. The van der Waals surface area contributed by atoms with Crippen molar-refractivity contribution in [1.82, 2.24) is 9.97 Å². The van der Waals surface area contributed by atoms with E-state index < -0.39 is 11.9 Å². The second-order valence-corrected chi connectivity index (χ2v) is 5.68. The summed E-state index contributed by atoms with van der Waals surface area (Å²) < 4.78 is 9.45. The molecule has 0 spiro atoms. The summed E-state index contributed by atoms with van der Waals surface area (Å²) in [4.78, 5) is 31.7. The van der Waals surface area contributed by atoms with Gasteiger partial charge in [0.2, 0.25) is 0 Å². The lowest BCUT2D eigenvalue weighted by atomic mass is 10.2. The van der Waals surface area contributed by atoms with E-state index in [4.69, 9.17) is 9.47 Å². The standard InChI is InChI=1S/C20H18N4O4/c1-27-19(25)13-5-3-7-15(9-13)23-17-11-18(22-12-21-17)24-16-8-4-6-14(10-16)20(26)28-2/h3-12H,1-2H3,(H2,21,22,23,24). The minimum absolute atomic E-state index is 0.417. The number of nitrogens with one attached hydrogen (secondary N) is 2. The number of esters is 2. The van der Waals surface area contributed by atoms with Crippen molar-refractivity contribution >= 4 is 34.9 Å². The number of benzene rings is 2. The topological polar surface area (TPSA) is 102 Å². The van der Waals surface area contributed by atoms with Crippen LogP contribution in [0.1, 0.15) is 20.7 Å². The first kappa shape index (κ1) is 18.8. The molecule has 0 radical (unpaired) electrons. The molecule has 0 aliphatic rings. The van der Waals surface area contributed by atoms with Crippen LogP contribution in [-0.4, -0.2) is 36.1 Å². The molecule has 142 valence electrons. The second kappa shape index (κ2) is 8.63. The average Bonchev–Trinajstić information content (AvgIpc) is 2.73. The van der Waals surface area contributed by atoms with E-state index in [0.717, 1.165) is 0 Å². The van der Waals surface area contributed by atoms with Crippen molar-refractivity contribution in [2.24, 2.45) is 0 Å². The van der Waals surface area contributed by atoms with Gasteiger partial charge in [-0.25, -0.2) is 19.6 Å². The van der Waals surface area contributed by atoms with Crippen LogP contribution in [0.5, 0.6) is 0 Å². The molecule has 0 bridgehead atoms. The van der Waals surface area contributed by atoms with Gasteiger partial charge in [0.1, 0.15) is 18.0 Å². The zero-order valence-electron chi connectivity index (χ0n) is 15.3. The summed E-state index contributed by atoms with van der Waals surface area (Å²) in [7, 11) is 2.67. The third-order valence-electron chi connectivity index (χ3n) is 3.78. The van der Waals surface area contributed by atoms with E-state index in [1.165, 1.54) is 20.5 Å². The van der Waals surface area contributed by atoms with Crippen molar-refractivity contribution in [2.45, 2.75) is 0 Å². The van der Waals surface area contributed by atoms with Crippen LogP contribution in [0.4, 0.5) is 23.0 Å². The largest absolute Gasteiger partial charge is 0.465 e. The number of carbonyl (C=O) groups excluding carboxylic acids is 2. The fourth-order valence-electron chi connectivity index (χ4n) is 2.47. The van der Waals surface area contributed by atoms with Gasteiger partial charge in [0.15, 0.2) is 0 Å². The number of nitrogens with zero attached hydrogens (tertiary/aromatic N) is 2. The van der Waals surface area contributed by atoms with Crippen LogP contribution in [0.15, 0.2) is 60.9 Å². The quantitative estimate of drug-likeness (QED) is 0.628. The Hall–Kier alpha value is -3.94. The number of carbonyl (C=O) groups is 2. The zero-order chi connectivity index (χ0) is 19.9. The SMILES string of the molecule is COC(=O)c1cccc(Nc2cc(Nc3cccc(C(=O)OC)c3)ncn2)c1. The van der Waals surface area contributed by atoms with Gasteiger partial charge in [-0.05, 0) is 36.4 Å². The maximum absolute atomic E-state index is 11.7. The van der Waals surface area contributed by atoms with Crippen LogP contribution >= 0.6 is 0 Å². The van der Waals surface area contributed by atoms with Crippen LogP contribution in [0.3, 0.4) is 0 Å². The molecule has 3 rings (SSSR count). The Morgan fingerprint density at radius 1 is 0.750 bits per heavy atom. The molecule has 0 saturated carbocycles. The van der Waals surface area contributed by atoms with Gasteiger partial charge < -0.3 is 20.1 Å². The van der Waals surface area contributed by atoms with Gasteiger partial charge in [0.25, 0.3) is 0 Å². The van der Waals surface area contributed by atoms with Crippen molar-refractivity contribution in [2.75, 3.05) is 24.9 Å². The van der Waals surface area contributed by atoms with Gasteiger partial charge in [-0.3, -0.25) is 0 Å². The maximum Gasteiger partial charge on any atom is 0.337 e. The molecule has 2 N–H and O–H groups in total. The minimum Gasteiger partial charge on any atom is -0.465 e. The maximum atomic E-state index is 11.7. The molecule has 3 aromatic rings. The van der Waals surface area contributed by atoms with Crippen molar-refractivity contribution in [1.29, 1.82) is 0 Å². The molecule has 2 aromatic carbocycles. The molecule has 0 atom stereocenters. The molecule has 1 heterocycles. The lowest BCUT2D eigenvalue weighted by Crippen LogP contribution is -2.03. The Morgan fingerprint density at radius 2 is 1.21 bits per heavy atom. The Bertz CT molecular complexity index is 930. The summed E-state index contributed by atoms with van der Waals surface area (Å²) >= 11 is 0. The first-order valence-electron chi connectivity index (χ1n) is 8.32. The summed E-state index contributed by atoms with van der Waals surface area (Å²) in [5.41, 5.74) is 2.22. The van der Waals surface area contributed by atoms with Crippen LogP contribution in [0.25, 0.3) is 0 Å². The summed E-state index contributed by atoms with van der Waals surface area (Å²) in [6, 6.07) is 15.5. The molecule has 0 aliphatic carbocycles. The number of ether oxygens (including phenoxy) is 2. The lowest BCUT2D eigenvalue weighted by molar-refractivity contribution is 0.0592. The van der Waals surface area contributed by atoms with E-state index in [1.807, 2.05) is 12.1 Å². The number of hydrogen-bond acceptors (Lipinski definition) is 8. The molecule has 0 saturated heterocycles. The highest BCUT2D eigenvalue weighted by Gasteiger charge is 2.08. The second-order valence-electron chi connectivity index (χ2n) is 5.68. The van der Waals surface area contributed by atoms with Crippen molar-refractivity contribution in [3.05, 3.63) is 72.1 Å². The van der Waals surface area contributed by atoms with Gasteiger partial charge >= 0.3 is 11.9 Å². The van der Waals surface area contributed by atoms with Crippen molar-refractivity contribution < 1.29 is 19.1 Å². The van der Waals surface area contributed by atoms with E-state index in [2.05, 4.69) is 20.6 Å². The highest BCUT2D eigenvalue weighted by Crippen LogP contribution is 2.21. The van der Waals surface area contributed by atoms with Gasteiger partial charge in [-0.15, -0.1) is 0 Å². The van der Waals surface area contributed by atoms with Gasteiger partial charge in [0.05, 0.1) is 25.3 Å². The highest BCUT2D eigenvalue weighted by atomic mass is 16.5. The number of aromatic nitrogens is 2. The van der Waals surface area contributed by atoms with Crippen LogP contribution < -0.4 is 10.6 Å². The van der Waals surface area contributed by atoms with Crippen LogP contribution in [0.2, 0.25) is 0 Å². The molecule has 0 fully saturated rings. The van der Waals surface area contributed by atoms with Crippen LogP contribution in [-0.2, 0) is 9.47 Å². The van der Waals surface area contributed by atoms with Crippen LogP contribution in [0, 0.1) is 0 Å². The fourth-order valence-corrected chi connectivity index (χ4v) is 2.47. The number of methoxy groups -OCH3 is 2. The van der Waals surface area contributed by atoms with Crippen molar-refractivity contribution in [3.8, 4) is 0 Å². The summed E-state index contributed by atoms with van der Waals surface area (Å²) in [6.07, 6.45) is 1.40. The molecular formula is C20H18N4O4. The number of hydrogen-bond donors (Lipinski definition) is 2. The van der Waals surface area contributed by atoms with E-state index in [0.29, 0.717) is 34.1 Å². The van der Waals surface area contributed by atoms with E-state index >= 15 is 0 Å². The number of rotatable bonds is 6. The Kier molecular flexibility index (Phi) is 5.81. The molecule has 8 heteroatoms. The molecule has 0 unspecified atom stereocenters. The monoisotopic (exact) mass is 378 g/mol. The normalized spacial score (nSPS) is 10.1. The minimum atomic E-state index is -0.417. The molecule has 1 aromatic heterocycles. The summed E-state index contributed by atoms with van der Waals surface area (Å²) in [6.45, 7) is 0. The Morgan fingerprint density at radius 3 is 1.64 bits per heavy atom. The zero-order valence-corrected chi connectivity index (χ0v) is 15.3. The Balaban J connectivity index is 1.76. The first-order chi connectivity index (χ1) is 13.6. The molecular weight excluding hydrogens is 360 g/mol. The van der Waals surface area contributed by atoms with E-state index in [1.54, 1.807) is 42.5 Å². The van der Waals surface area contributed by atoms with E-state index in [9.17, 15) is 9.59 Å². The summed E-state index contributed by atoms with van der Waals surface area (Å²) in [5.74, 6) is 0.227. The Labute approximate surface area is 161 Å². The third kappa shape index (κ3) is 4.61. The van der Waals surface area contributed by atoms with Gasteiger partial charge in [-0.2, -0.15) is 0 Å². The predicted molar refractivity (Wildman–Crippen MR) is 104 cm³/mol. The molecule has 0 aliphatic heterocycles.